The molecule has 5 fully saturated rings. The van der Waals surface area contributed by atoms with Crippen molar-refractivity contribution in [2.75, 3.05) is 26.7 Å². The van der Waals surface area contributed by atoms with E-state index < -0.39 is 0 Å². The number of nitrogens with zero attached hydrogens (tertiary/aromatic N) is 2. The van der Waals surface area contributed by atoms with E-state index in [-0.39, 0.29) is 5.41 Å². The van der Waals surface area contributed by atoms with Crippen molar-refractivity contribution in [2.45, 2.75) is 62.6 Å². The summed E-state index contributed by atoms with van der Waals surface area (Å²) in [5.41, 5.74) is 4.56. The number of piperidine rings is 1. The Bertz CT molecular complexity index is 1150. The summed E-state index contributed by atoms with van der Waals surface area (Å²) in [6.07, 6.45) is 7.82. The van der Waals surface area contributed by atoms with E-state index in [4.69, 9.17) is 4.74 Å². The highest BCUT2D eigenvalue weighted by atomic mass is 16.5. The molecular formula is C30H36N2O2. The lowest BCUT2D eigenvalue weighted by Gasteiger charge is -2.60. The molecule has 0 aromatic heterocycles. The number of hydrogen-bond acceptors (Lipinski definition) is 4. The topological polar surface area (TPSA) is 35.9 Å². The van der Waals surface area contributed by atoms with Crippen LogP contribution < -0.4 is 4.74 Å². The fourth-order valence-corrected chi connectivity index (χ4v) is 10.1. The summed E-state index contributed by atoms with van der Waals surface area (Å²) >= 11 is 0. The van der Waals surface area contributed by atoms with Gasteiger partial charge >= 0.3 is 0 Å². The number of hydrogen-bond donors (Lipinski definition) is 1. The first-order valence-corrected chi connectivity index (χ1v) is 13.6. The van der Waals surface area contributed by atoms with Crippen LogP contribution in [0.15, 0.2) is 42.5 Å². The molecule has 0 spiro atoms. The zero-order chi connectivity index (χ0) is 22.7. The predicted octanol–water partition coefficient (Wildman–Crippen LogP) is 4.59. The lowest BCUT2D eigenvalue weighted by molar-refractivity contribution is -0.0441. The van der Waals surface area contributed by atoms with E-state index in [1.807, 2.05) is 6.07 Å². The molecule has 2 saturated heterocycles. The molecule has 178 valence electrons. The van der Waals surface area contributed by atoms with Gasteiger partial charge in [0.25, 0.3) is 0 Å². The predicted molar refractivity (Wildman–Crippen MR) is 132 cm³/mol. The molecule has 6 atom stereocenters. The number of rotatable bonds is 5. The second-order valence-electron chi connectivity index (χ2n) is 12.4. The molecule has 6 aliphatic rings. The quantitative estimate of drug-likeness (QED) is 0.714. The molecule has 8 rings (SSSR count). The fraction of sp³-hybridized carbons (Fsp3) is 0.600. The molecule has 2 heterocycles. The number of ether oxygens (including phenoxy) is 1. The molecule has 0 amide bonds. The number of phenols is 1. The zero-order valence-electron chi connectivity index (χ0n) is 20.2. The molecular weight excluding hydrogens is 420 g/mol. The van der Waals surface area contributed by atoms with Gasteiger partial charge in [-0.3, -0.25) is 9.80 Å². The summed E-state index contributed by atoms with van der Waals surface area (Å²) in [6, 6.07) is 16.6. The monoisotopic (exact) mass is 456 g/mol. The van der Waals surface area contributed by atoms with Gasteiger partial charge in [0.15, 0.2) is 11.5 Å². The maximum atomic E-state index is 11.6. The number of phenolic OH excluding ortho intramolecular Hbond substituents is 1. The molecule has 6 unspecified atom stereocenters. The standard InChI is InChI=1S/C30H36N2O2/c1-34-24-10-9-21-13-25-29-14-22-18-32(17-19-5-3-2-4-6-19)23(15-29)26(22)30(29,27(21)28(24)33)11-12-31(25)16-20-7-8-20/h2-6,9-10,20,22-23,25-26,33H,7-8,11-18H2,1H3. The minimum Gasteiger partial charge on any atom is -0.504 e. The first kappa shape index (κ1) is 20.2. The Balaban J connectivity index is 1.27. The molecule has 2 aromatic carbocycles. The van der Waals surface area contributed by atoms with Crippen molar-refractivity contribution in [3.63, 3.8) is 0 Å². The highest BCUT2D eigenvalue weighted by Crippen LogP contribution is 2.79. The second-order valence-corrected chi connectivity index (χ2v) is 12.4. The minimum absolute atomic E-state index is 0.116. The van der Waals surface area contributed by atoms with Gasteiger partial charge in [0.05, 0.1) is 7.11 Å². The Morgan fingerprint density at radius 2 is 1.91 bits per heavy atom. The Morgan fingerprint density at radius 3 is 2.71 bits per heavy atom. The summed E-state index contributed by atoms with van der Waals surface area (Å²) in [7, 11) is 1.70. The lowest BCUT2D eigenvalue weighted by atomic mass is 9.50. The van der Waals surface area contributed by atoms with Crippen molar-refractivity contribution < 1.29 is 9.84 Å². The normalized spacial score (nSPS) is 39.8. The lowest BCUT2D eigenvalue weighted by Crippen LogP contribution is -2.64. The zero-order valence-corrected chi connectivity index (χ0v) is 20.2. The Kier molecular flexibility index (Phi) is 4.03. The summed E-state index contributed by atoms with van der Waals surface area (Å²) in [5.74, 6) is 3.48. The van der Waals surface area contributed by atoms with Gasteiger partial charge < -0.3 is 9.84 Å². The highest BCUT2D eigenvalue weighted by molar-refractivity contribution is 5.60. The van der Waals surface area contributed by atoms with Crippen LogP contribution in [0.1, 0.15) is 48.8 Å². The molecule has 4 bridgehead atoms. The van der Waals surface area contributed by atoms with E-state index in [0.717, 1.165) is 24.8 Å². The van der Waals surface area contributed by atoms with Crippen LogP contribution >= 0.6 is 0 Å². The highest BCUT2D eigenvalue weighted by Gasteiger charge is 2.79. The van der Waals surface area contributed by atoms with Gasteiger partial charge in [0.1, 0.15) is 0 Å². The molecule has 2 aliphatic heterocycles. The van der Waals surface area contributed by atoms with E-state index in [1.54, 1.807) is 7.11 Å². The number of benzene rings is 2. The number of likely N-dealkylation sites (tertiary alicyclic amines) is 2. The average Bonchev–Trinajstić information content (AvgIpc) is 3.48. The summed E-state index contributed by atoms with van der Waals surface area (Å²) < 4.78 is 5.66. The van der Waals surface area contributed by atoms with Crippen LogP contribution in [-0.2, 0) is 18.4 Å². The van der Waals surface area contributed by atoms with Crippen LogP contribution in [0.2, 0.25) is 0 Å². The van der Waals surface area contributed by atoms with Crippen LogP contribution in [0, 0.1) is 23.2 Å². The van der Waals surface area contributed by atoms with Crippen LogP contribution in [0.3, 0.4) is 0 Å². The third-order valence-corrected chi connectivity index (χ3v) is 11.1. The molecule has 2 aromatic rings. The third kappa shape index (κ3) is 2.37. The third-order valence-electron chi connectivity index (χ3n) is 11.1. The van der Waals surface area contributed by atoms with Gasteiger partial charge in [-0.15, -0.1) is 0 Å². The Hall–Kier alpha value is -2.04. The molecule has 4 heteroatoms. The molecule has 3 saturated carbocycles. The summed E-state index contributed by atoms with van der Waals surface area (Å²) in [6.45, 7) is 4.79. The van der Waals surface area contributed by atoms with Gasteiger partial charge in [-0.1, -0.05) is 36.4 Å². The van der Waals surface area contributed by atoms with E-state index in [2.05, 4.69) is 46.2 Å². The first-order chi connectivity index (χ1) is 16.6. The van der Waals surface area contributed by atoms with Crippen LogP contribution in [0.5, 0.6) is 11.5 Å². The van der Waals surface area contributed by atoms with E-state index in [0.29, 0.717) is 34.9 Å². The minimum atomic E-state index is 0.116. The summed E-state index contributed by atoms with van der Waals surface area (Å²) in [4.78, 5) is 5.73. The van der Waals surface area contributed by atoms with E-state index >= 15 is 0 Å². The summed E-state index contributed by atoms with van der Waals surface area (Å²) in [5, 5.41) is 11.6. The van der Waals surface area contributed by atoms with Crippen molar-refractivity contribution in [3.8, 4) is 11.5 Å². The van der Waals surface area contributed by atoms with Crippen molar-refractivity contribution in [2.24, 2.45) is 23.2 Å². The SMILES string of the molecule is COc1ccc2c(c1O)C13CCN(CC4CC4)C(C2)C12CC1CN(Cc4ccccc4)C(C2)C13. The van der Waals surface area contributed by atoms with Gasteiger partial charge in [-0.05, 0) is 85.4 Å². The molecule has 0 radical (unpaired) electrons. The first-order valence-electron chi connectivity index (χ1n) is 13.6. The van der Waals surface area contributed by atoms with Gasteiger partial charge in [-0.2, -0.15) is 0 Å². The Morgan fingerprint density at radius 1 is 1.06 bits per heavy atom. The van der Waals surface area contributed by atoms with Crippen LogP contribution in [0.4, 0.5) is 0 Å². The molecule has 4 nitrogen and oxygen atoms in total. The van der Waals surface area contributed by atoms with Gasteiger partial charge in [0, 0.05) is 42.7 Å². The van der Waals surface area contributed by atoms with Crippen LogP contribution in [0.25, 0.3) is 0 Å². The maximum Gasteiger partial charge on any atom is 0.161 e. The van der Waals surface area contributed by atoms with Gasteiger partial charge in [0.2, 0.25) is 0 Å². The molecule has 34 heavy (non-hydrogen) atoms. The van der Waals surface area contributed by atoms with E-state index in [1.165, 1.54) is 68.4 Å². The van der Waals surface area contributed by atoms with E-state index in [9.17, 15) is 5.11 Å². The average molecular weight is 457 g/mol. The van der Waals surface area contributed by atoms with Crippen molar-refractivity contribution >= 4 is 0 Å². The van der Waals surface area contributed by atoms with Gasteiger partial charge in [-0.25, -0.2) is 0 Å². The number of aromatic hydroxyl groups is 1. The smallest absolute Gasteiger partial charge is 0.161 e. The second kappa shape index (κ2) is 6.79. The number of methoxy groups -OCH3 is 1. The van der Waals surface area contributed by atoms with Crippen molar-refractivity contribution in [3.05, 3.63) is 59.2 Å². The largest absolute Gasteiger partial charge is 0.504 e. The van der Waals surface area contributed by atoms with Crippen molar-refractivity contribution in [1.29, 1.82) is 0 Å². The number of fused-ring (bicyclic) bond motifs is 1. The van der Waals surface area contributed by atoms with Crippen molar-refractivity contribution in [1.82, 2.24) is 9.80 Å². The maximum absolute atomic E-state index is 11.6. The molecule has 1 N–H and O–H groups in total. The molecule has 4 aliphatic carbocycles. The fourth-order valence-electron chi connectivity index (χ4n) is 10.1. The Labute approximate surface area is 202 Å². The van der Waals surface area contributed by atoms with Crippen LogP contribution in [-0.4, -0.2) is 53.7 Å².